The van der Waals surface area contributed by atoms with Crippen LogP contribution >= 0.6 is 34.4 Å². The molecule has 1 amide bonds. The molecule has 0 aliphatic heterocycles. The molecule has 1 aliphatic carbocycles. The summed E-state index contributed by atoms with van der Waals surface area (Å²) in [5, 5.41) is 3.57. The van der Waals surface area contributed by atoms with Gasteiger partial charge >= 0.3 is 0 Å². The third-order valence-corrected chi connectivity index (χ3v) is 8.23. The van der Waals surface area contributed by atoms with E-state index in [1.807, 2.05) is 13.8 Å². The molecule has 7 nitrogen and oxygen atoms in total. The summed E-state index contributed by atoms with van der Waals surface area (Å²) in [5.74, 6) is 0.905. The normalized spacial score (nSPS) is 14.8. The zero-order chi connectivity index (χ0) is 20.7. The molecule has 1 atom stereocenters. The van der Waals surface area contributed by atoms with Gasteiger partial charge in [0, 0.05) is 11.3 Å². The number of amides is 1. The molecular weight excluding hydrogens is 428 g/mol. The second kappa shape index (κ2) is 8.00. The van der Waals surface area contributed by atoms with Crippen LogP contribution in [0.4, 0.5) is 5.13 Å². The summed E-state index contributed by atoms with van der Waals surface area (Å²) in [7, 11) is 0. The first kappa shape index (κ1) is 20.2. The number of thiophene rings is 1. The highest BCUT2D eigenvalue weighted by atomic mass is 32.2. The number of hydrogen-bond donors (Lipinski definition) is 2. The number of carbonyl (C=O) groups excluding carboxylic acids is 2. The van der Waals surface area contributed by atoms with E-state index in [0.29, 0.717) is 33.4 Å². The standard InChI is InChI=1S/C19H20N4O3S3/c1-8-9(2)28-18-14(8)17(26)21-13(22-18)7-27-10(3)16(25)23-19-20-11-5-4-6-12(24)15(11)29-19/h10H,4-7H2,1-3H3,(H,20,23,25)(H,21,22,26). The lowest BCUT2D eigenvalue weighted by Gasteiger charge is -2.10. The van der Waals surface area contributed by atoms with E-state index >= 15 is 0 Å². The Hall–Kier alpha value is -2.04. The Morgan fingerprint density at radius 2 is 2.03 bits per heavy atom. The number of nitrogens with one attached hydrogen (secondary N) is 2. The monoisotopic (exact) mass is 448 g/mol. The Morgan fingerprint density at radius 1 is 1.24 bits per heavy atom. The molecule has 4 rings (SSSR count). The number of fused-ring (bicyclic) bond motifs is 2. The minimum atomic E-state index is -0.362. The second-order valence-corrected chi connectivity index (χ2v) is 10.5. The quantitative estimate of drug-likeness (QED) is 0.614. The summed E-state index contributed by atoms with van der Waals surface area (Å²) in [6.07, 6.45) is 2.14. The Bertz CT molecular complexity index is 1180. The van der Waals surface area contributed by atoms with Crippen LogP contribution in [-0.4, -0.2) is 31.9 Å². The number of thiazole rings is 1. The van der Waals surface area contributed by atoms with E-state index in [1.165, 1.54) is 34.4 Å². The number of rotatable bonds is 5. The number of thioether (sulfide) groups is 1. The summed E-state index contributed by atoms with van der Waals surface area (Å²) >= 11 is 4.15. The first-order valence-electron chi connectivity index (χ1n) is 9.27. The highest BCUT2D eigenvalue weighted by Gasteiger charge is 2.24. The Balaban J connectivity index is 1.41. The average Bonchev–Trinajstić information content (AvgIpc) is 3.21. The van der Waals surface area contributed by atoms with Gasteiger partial charge in [0.2, 0.25) is 5.91 Å². The molecular formula is C19H20N4O3S3. The number of anilines is 1. The first-order chi connectivity index (χ1) is 13.8. The van der Waals surface area contributed by atoms with Crippen LogP contribution in [0.5, 0.6) is 0 Å². The van der Waals surface area contributed by atoms with E-state index in [2.05, 4.69) is 20.3 Å². The summed E-state index contributed by atoms with van der Waals surface area (Å²) in [6, 6.07) is 0. The summed E-state index contributed by atoms with van der Waals surface area (Å²) in [4.78, 5) is 51.1. The number of carbonyl (C=O) groups is 2. The van der Waals surface area contributed by atoms with Gasteiger partial charge in [0.1, 0.15) is 10.7 Å². The zero-order valence-electron chi connectivity index (χ0n) is 16.2. The third kappa shape index (κ3) is 4.01. The fourth-order valence-corrected chi connectivity index (χ4v) is 5.96. The van der Waals surface area contributed by atoms with Crippen molar-refractivity contribution in [3.63, 3.8) is 0 Å². The minimum Gasteiger partial charge on any atom is -0.309 e. The van der Waals surface area contributed by atoms with Gasteiger partial charge in [0.15, 0.2) is 10.9 Å². The van der Waals surface area contributed by atoms with E-state index in [4.69, 9.17) is 0 Å². The smallest absolute Gasteiger partial charge is 0.259 e. The number of aryl methyl sites for hydroxylation is 3. The van der Waals surface area contributed by atoms with Gasteiger partial charge < -0.3 is 10.3 Å². The predicted molar refractivity (Wildman–Crippen MR) is 118 cm³/mol. The van der Waals surface area contributed by atoms with Crippen molar-refractivity contribution in [3.05, 3.63) is 37.2 Å². The van der Waals surface area contributed by atoms with Gasteiger partial charge in [0.05, 0.1) is 27.0 Å². The molecule has 0 saturated carbocycles. The molecule has 152 valence electrons. The van der Waals surface area contributed by atoms with Crippen LogP contribution in [-0.2, 0) is 17.0 Å². The minimum absolute atomic E-state index is 0.108. The highest BCUT2D eigenvalue weighted by molar-refractivity contribution is 7.99. The predicted octanol–water partition coefficient (Wildman–Crippen LogP) is 3.84. The van der Waals surface area contributed by atoms with Gasteiger partial charge in [-0.25, -0.2) is 9.97 Å². The number of aromatic nitrogens is 3. The summed E-state index contributed by atoms with van der Waals surface area (Å²) in [5.41, 5.74) is 1.62. The van der Waals surface area contributed by atoms with Crippen LogP contribution < -0.4 is 10.9 Å². The molecule has 1 aliphatic rings. The molecule has 0 saturated heterocycles. The lowest BCUT2D eigenvalue weighted by Crippen LogP contribution is -2.23. The van der Waals surface area contributed by atoms with Crippen molar-refractivity contribution in [1.82, 2.24) is 15.0 Å². The molecule has 3 heterocycles. The van der Waals surface area contributed by atoms with Crippen molar-refractivity contribution in [3.8, 4) is 0 Å². The maximum absolute atomic E-state index is 12.5. The van der Waals surface area contributed by atoms with E-state index in [-0.39, 0.29) is 22.5 Å². The number of Topliss-reactive ketones (excluding diaryl/α,β-unsaturated/α-hetero) is 1. The third-order valence-electron chi connectivity index (χ3n) is 4.93. The van der Waals surface area contributed by atoms with E-state index in [1.54, 1.807) is 6.92 Å². The Labute approximate surface area is 179 Å². The second-order valence-electron chi connectivity index (χ2n) is 6.99. The molecule has 0 bridgehead atoms. The molecule has 0 spiro atoms. The van der Waals surface area contributed by atoms with Crippen molar-refractivity contribution >= 4 is 61.5 Å². The van der Waals surface area contributed by atoms with Gasteiger partial charge in [-0.3, -0.25) is 14.4 Å². The average molecular weight is 449 g/mol. The molecule has 0 fully saturated rings. The summed E-state index contributed by atoms with van der Waals surface area (Å²) in [6.45, 7) is 5.71. The Kier molecular flexibility index (Phi) is 5.58. The van der Waals surface area contributed by atoms with Crippen molar-refractivity contribution in [1.29, 1.82) is 0 Å². The van der Waals surface area contributed by atoms with Crippen LogP contribution in [0.3, 0.4) is 0 Å². The molecule has 2 N–H and O–H groups in total. The van der Waals surface area contributed by atoms with Crippen LogP contribution in [0.2, 0.25) is 0 Å². The molecule has 1 unspecified atom stereocenters. The van der Waals surface area contributed by atoms with Gasteiger partial charge in [0.25, 0.3) is 5.56 Å². The SMILES string of the molecule is Cc1sc2nc(CSC(C)C(=O)Nc3nc4c(s3)C(=O)CCC4)[nH]c(=O)c2c1C. The maximum Gasteiger partial charge on any atom is 0.259 e. The summed E-state index contributed by atoms with van der Waals surface area (Å²) < 4.78 is 0. The fourth-order valence-electron chi connectivity index (χ4n) is 3.18. The van der Waals surface area contributed by atoms with E-state index < -0.39 is 0 Å². The number of hydrogen-bond acceptors (Lipinski definition) is 8. The number of ketones is 1. The van der Waals surface area contributed by atoms with Crippen molar-refractivity contribution in [2.75, 3.05) is 5.32 Å². The van der Waals surface area contributed by atoms with Gasteiger partial charge in [-0.2, -0.15) is 0 Å². The molecule has 10 heteroatoms. The number of nitrogens with zero attached hydrogens (tertiary/aromatic N) is 2. The van der Waals surface area contributed by atoms with E-state index in [0.717, 1.165) is 33.8 Å². The number of H-pyrrole nitrogens is 1. The molecule has 3 aromatic heterocycles. The van der Waals surface area contributed by atoms with Crippen LogP contribution in [0.15, 0.2) is 4.79 Å². The van der Waals surface area contributed by atoms with Crippen molar-refractivity contribution < 1.29 is 9.59 Å². The number of aromatic amines is 1. The van der Waals surface area contributed by atoms with E-state index in [9.17, 15) is 14.4 Å². The lowest BCUT2D eigenvalue weighted by atomic mass is 10.0. The van der Waals surface area contributed by atoms with Crippen LogP contribution in [0.1, 0.15) is 51.4 Å². The van der Waals surface area contributed by atoms with Gasteiger partial charge in [-0.15, -0.1) is 23.1 Å². The molecule has 0 aromatic carbocycles. The largest absolute Gasteiger partial charge is 0.309 e. The van der Waals surface area contributed by atoms with Gasteiger partial charge in [-0.05, 0) is 39.2 Å². The first-order valence-corrected chi connectivity index (χ1v) is 12.0. The molecule has 29 heavy (non-hydrogen) atoms. The van der Waals surface area contributed by atoms with Crippen molar-refractivity contribution in [2.45, 2.75) is 51.0 Å². The fraction of sp³-hybridized carbons (Fsp3) is 0.421. The van der Waals surface area contributed by atoms with Crippen LogP contribution in [0.25, 0.3) is 10.2 Å². The maximum atomic E-state index is 12.5. The van der Waals surface area contributed by atoms with Crippen molar-refractivity contribution in [2.24, 2.45) is 0 Å². The lowest BCUT2D eigenvalue weighted by molar-refractivity contribution is -0.115. The molecule has 3 aromatic rings. The van der Waals surface area contributed by atoms with Crippen LogP contribution in [0, 0.1) is 13.8 Å². The highest BCUT2D eigenvalue weighted by Crippen LogP contribution is 2.30. The Morgan fingerprint density at radius 3 is 2.79 bits per heavy atom. The van der Waals surface area contributed by atoms with Gasteiger partial charge in [-0.1, -0.05) is 11.3 Å². The topological polar surface area (TPSA) is 105 Å². The molecule has 0 radical (unpaired) electrons. The zero-order valence-corrected chi connectivity index (χ0v) is 18.7.